The maximum absolute atomic E-state index is 2.53. The third-order valence-corrected chi connectivity index (χ3v) is 3.80. The number of hydrogen-bond acceptors (Lipinski definition) is 0. The lowest BCUT2D eigenvalue weighted by atomic mass is 10.2. The maximum Gasteiger partial charge on any atom is -0.00552 e. The lowest BCUT2D eigenvalue weighted by molar-refractivity contribution is 0.762. The Bertz CT molecular complexity index is 58.6. The lowest BCUT2D eigenvalue weighted by Gasteiger charge is -1.85. The molecule has 0 saturated carbocycles. The summed E-state index contributed by atoms with van der Waals surface area (Å²) in [5, 5.41) is 0. The van der Waals surface area contributed by atoms with Gasteiger partial charge in [0.05, 0.1) is 0 Å². The Morgan fingerprint density at radius 1 is 1.14 bits per heavy atom. The van der Waals surface area contributed by atoms with Crippen LogP contribution in [-0.2, 0) is 0 Å². The van der Waals surface area contributed by atoms with Gasteiger partial charge in [-0.2, -0.15) is 0 Å². The van der Waals surface area contributed by atoms with Crippen molar-refractivity contribution in [2.24, 2.45) is 0 Å². The van der Waals surface area contributed by atoms with Gasteiger partial charge in [0.15, 0.2) is 0 Å². The van der Waals surface area contributed by atoms with E-state index in [2.05, 4.69) is 4.01 Å². The van der Waals surface area contributed by atoms with Gasteiger partial charge in [0.1, 0.15) is 0 Å². The average molecular weight is 210 g/mol. The molecule has 0 aromatic carbocycles. The topological polar surface area (TPSA) is 0 Å². The Morgan fingerprint density at radius 3 is 3.14 bits per heavy atom. The highest BCUT2D eigenvalue weighted by Gasteiger charge is 1.89. The second-order valence-electron chi connectivity index (χ2n) is 1.85. The summed E-state index contributed by atoms with van der Waals surface area (Å²) in [5.41, 5.74) is 0. The van der Waals surface area contributed by atoms with Crippen LogP contribution in [0.5, 0.6) is 0 Å². The van der Waals surface area contributed by atoms with Crippen LogP contribution in [0.4, 0.5) is 0 Å². The van der Waals surface area contributed by atoms with Gasteiger partial charge in [0, 0.05) is 0 Å². The van der Waals surface area contributed by atoms with Crippen LogP contribution in [0.3, 0.4) is 0 Å². The van der Waals surface area contributed by atoms with E-state index in [1.807, 2.05) is 0 Å². The van der Waals surface area contributed by atoms with E-state index in [-0.39, 0.29) is 0 Å². The number of alkyl halides is 1. The molecule has 0 fully saturated rings. The van der Waals surface area contributed by atoms with Gasteiger partial charge in [-0.25, -0.2) is 0 Å². The van der Waals surface area contributed by atoms with Gasteiger partial charge in [0.25, 0.3) is 0 Å². The monoisotopic (exact) mass is 210 g/mol. The molecule has 0 N–H and O–H groups in total. The van der Waals surface area contributed by atoms with Gasteiger partial charge in [0.2, 0.25) is 0 Å². The van der Waals surface area contributed by atoms with Crippen molar-refractivity contribution < 1.29 is 0 Å². The van der Waals surface area contributed by atoms with Crippen molar-refractivity contribution in [1.29, 1.82) is 0 Å². The minimum absolute atomic E-state index is 0.562. The molecule has 1 heteroatoms. The third kappa shape index (κ3) is 2.42. The van der Waals surface area contributed by atoms with E-state index in [1.165, 1.54) is 25.7 Å². The zero-order valence-electron chi connectivity index (χ0n) is 4.49. The van der Waals surface area contributed by atoms with E-state index < -0.39 is 0 Å². The molecule has 1 heterocycles. The van der Waals surface area contributed by atoms with Gasteiger partial charge in [-0.15, -0.1) is 20.7 Å². The molecule has 0 bridgehead atoms. The van der Waals surface area contributed by atoms with Crippen molar-refractivity contribution in [3.8, 4) is 0 Å². The van der Waals surface area contributed by atoms with E-state index in [4.69, 9.17) is 0 Å². The quantitative estimate of drug-likeness (QED) is 0.425. The zero-order valence-corrected chi connectivity index (χ0v) is 6.65. The molecule has 1 aliphatic rings. The SMILES string of the molecule is C1=ICCCCC1. The van der Waals surface area contributed by atoms with E-state index in [9.17, 15) is 0 Å². The van der Waals surface area contributed by atoms with Crippen LogP contribution < -0.4 is 0 Å². The maximum atomic E-state index is 2.53. The first-order valence-electron chi connectivity index (χ1n) is 2.89. The largest absolute Gasteiger partial charge is 0.127 e. The molecule has 7 heavy (non-hydrogen) atoms. The highest BCUT2D eigenvalue weighted by molar-refractivity contribution is 14.2. The minimum Gasteiger partial charge on any atom is -0.127 e. The van der Waals surface area contributed by atoms with Crippen molar-refractivity contribution in [2.45, 2.75) is 25.7 Å². The predicted molar refractivity (Wildman–Crippen MR) is 43.4 cm³/mol. The van der Waals surface area contributed by atoms with Crippen LogP contribution in [0.15, 0.2) is 0 Å². The standard InChI is InChI=1S/C6H11I/c1-2-4-6-7-5-3-1/h5H,1-4,6H2. The molecule has 0 saturated heterocycles. The van der Waals surface area contributed by atoms with Crippen LogP contribution in [0.2, 0.25) is 0 Å². The average Bonchev–Trinajstić information content (AvgIpc) is 1.90. The zero-order chi connectivity index (χ0) is 4.95. The summed E-state index contributed by atoms with van der Waals surface area (Å²) < 4.78 is 4.09. The highest BCUT2D eigenvalue weighted by atomic mass is 127. The molecular weight excluding hydrogens is 199 g/mol. The van der Waals surface area contributed by atoms with Gasteiger partial charge in [-0.05, 0) is 23.7 Å². The molecule has 42 valence electrons. The number of halogens is 1. The van der Waals surface area contributed by atoms with E-state index >= 15 is 0 Å². The van der Waals surface area contributed by atoms with Gasteiger partial charge in [-0.1, -0.05) is 10.4 Å². The first-order valence-corrected chi connectivity index (χ1v) is 5.66. The summed E-state index contributed by atoms with van der Waals surface area (Å²) in [5.74, 6) is 0. The van der Waals surface area contributed by atoms with Gasteiger partial charge < -0.3 is 0 Å². The van der Waals surface area contributed by atoms with Crippen molar-refractivity contribution in [2.75, 3.05) is 4.43 Å². The van der Waals surface area contributed by atoms with Crippen LogP contribution in [0.25, 0.3) is 0 Å². The Labute approximate surface area is 55.1 Å². The summed E-state index contributed by atoms with van der Waals surface area (Å²) in [7, 11) is 0. The Hall–Kier alpha value is 0.600. The first-order chi connectivity index (χ1) is 3.50. The van der Waals surface area contributed by atoms with Crippen molar-refractivity contribution >= 4 is 24.7 Å². The summed E-state index contributed by atoms with van der Waals surface area (Å²) in [6.45, 7) is 0. The smallest absolute Gasteiger partial charge is 0.00552 e. The lowest BCUT2D eigenvalue weighted by Crippen LogP contribution is -1.71. The van der Waals surface area contributed by atoms with Crippen LogP contribution >= 0.6 is 20.7 Å². The van der Waals surface area contributed by atoms with Gasteiger partial charge >= 0.3 is 0 Å². The van der Waals surface area contributed by atoms with E-state index in [0.717, 1.165) is 0 Å². The first kappa shape index (κ1) is 5.73. The summed E-state index contributed by atoms with van der Waals surface area (Å²) >= 11 is 0.562. The fourth-order valence-electron chi connectivity index (χ4n) is 0.724. The molecule has 0 aromatic heterocycles. The van der Waals surface area contributed by atoms with Gasteiger partial charge in [-0.3, -0.25) is 0 Å². The second kappa shape index (κ2) is 3.58. The van der Waals surface area contributed by atoms with Crippen LogP contribution in [0.1, 0.15) is 25.7 Å². The van der Waals surface area contributed by atoms with Crippen LogP contribution in [-0.4, -0.2) is 8.44 Å². The van der Waals surface area contributed by atoms with Crippen molar-refractivity contribution in [3.63, 3.8) is 0 Å². The molecule has 0 atom stereocenters. The fourth-order valence-corrected chi connectivity index (χ4v) is 3.03. The molecule has 0 radical (unpaired) electrons. The van der Waals surface area contributed by atoms with Crippen molar-refractivity contribution in [1.82, 2.24) is 0 Å². The Morgan fingerprint density at radius 2 is 2.14 bits per heavy atom. The summed E-state index contributed by atoms with van der Waals surface area (Å²) in [4.78, 5) is 0. The van der Waals surface area contributed by atoms with E-state index in [1.54, 1.807) is 4.43 Å². The molecule has 0 unspecified atom stereocenters. The van der Waals surface area contributed by atoms with Crippen molar-refractivity contribution in [3.05, 3.63) is 0 Å². The van der Waals surface area contributed by atoms with Crippen LogP contribution in [0, 0.1) is 0 Å². The number of hydrogen-bond donors (Lipinski definition) is 0. The molecular formula is C6H11I. The third-order valence-electron chi connectivity index (χ3n) is 1.17. The molecule has 0 amide bonds. The Kier molecular flexibility index (Phi) is 2.93. The highest BCUT2D eigenvalue weighted by Crippen LogP contribution is 2.10. The molecule has 0 spiro atoms. The second-order valence-corrected chi connectivity index (χ2v) is 4.69. The minimum atomic E-state index is 0.562. The molecule has 0 nitrogen and oxygen atoms in total. The predicted octanol–water partition coefficient (Wildman–Crippen LogP) is 2.33. The molecule has 1 aliphatic heterocycles. The summed E-state index contributed by atoms with van der Waals surface area (Å²) in [6.07, 6.45) is 5.91. The Balaban J connectivity index is 2.20. The summed E-state index contributed by atoms with van der Waals surface area (Å²) in [6, 6.07) is 0. The molecule has 1 rings (SSSR count). The molecule has 0 aliphatic carbocycles. The fraction of sp³-hybridized carbons (Fsp3) is 0.833. The normalized spacial score (nSPS) is 22.9. The van der Waals surface area contributed by atoms with E-state index in [0.29, 0.717) is 20.7 Å². The molecule has 0 aromatic rings. The number of rotatable bonds is 0.